The summed E-state index contributed by atoms with van der Waals surface area (Å²) in [5, 5.41) is 11.3. The van der Waals surface area contributed by atoms with Crippen LogP contribution < -0.4 is 0 Å². The van der Waals surface area contributed by atoms with Crippen molar-refractivity contribution >= 4 is 33.5 Å². The molecule has 3 heteroatoms. The van der Waals surface area contributed by atoms with Gasteiger partial charge < -0.3 is 9.52 Å². The van der Waals surface area contributed by atoms with Crippen LogP contribution in [0.25, 0.3) is 27.5 Å². The van der Waals surface area contributed by atoms with Crippen LogP contribution in [0.2, 0.25) is 0 Å². The van der Waals surface area contributed by atoms with Crippen LogP contribution in [0.1, 0.15) is 18.9 Å². The zero-order valence-electron chi connectivity index (χ0n) is 11.1. The van der Waals surface area contributed by atoms with Crippen molar-refractivity contribution in [1.29, 1.82) is 0 Å². The monoisotopic (exact) mass is 266 g/mol. The molecule has 1 heterocycles. The summed E-state index contributed by atoms with van der Waals surface area (Å²) in [5.41, 5.74) is 2.63. The van der Waals surface area contributed by atoms with Crippen LogP contribution >= 0.6 is 0 Å². The molecule has 1 aromatic heterocycles. The predicted octanol–water partition coefficient (Wildman–Crippen LogP) is 4.46. The fourth-order valence-electron chi connectivity index (χ4n) is 2.43. The Bertz CT molecular complexity index is 824. The molecule has 0 amide bonds. The third-order valence-corrected chi connectivity index (χ3v) is 3.33. The molecule has 20 heavy (non-hydrogen) atoms. The number of carboxylic acid groups (broad SMARTS) is 1. The Labute approximate surface area is 116 Å². The van der Waals surface area contributed by atoms with Gasteiger partial charge >= 0.3 is 5.97 Å². The second-order valence-electron chi connectivity index (χ2n) is 4.64. The molecule has 0 aliphatic heterocycles. The third-order valence-electron chi connectivity index (χ3n) is 3.33. The van der Waals surface area contributed by atoms with Crippen LogP contribution in [-0.4, -0.2) is 11.1 Å². The van der Waals surface area contributed by atoms with Crippen molar-refractivity contribution < 1.29 is 14.3 Å². The van der Waals surface area contributed by atoms with Crippen molar-refractivity contribution in [3.05, 3.63) is 54.1 Å². The van der Waals surface area contributed by atoms with Gasteiger partial charge in [0.2, 0.25) is 0 Å². The van der Waals surface area contributed by atoms with E-state index in [0.29, 0.717) is 17.6 Å². The highest BCUT2D eigenvalue weighted by Crippen LogP contribution is 2.31. The standard InChI is InChI=1S/C17H14O3/c1-2-5-12(17(18)19)11-8-9-16-14(10-11)13-6-3-4-7-15(13)20-16/h3-10H,2H2,1H3,(H,18,19). The highest BCUT2D eigenvalue weighted by atomic mass is 16.4. The summed E-state index contributed by atoms with van der Waals surface area (Å²) in [7, 11) is 0. The van der Waals surface area contributed by atoms with Crippen LogP contribution in [0.5, 0.6) is 0 Å². The number of aliphatic carboxylic acids is 1. The van der Waals surface area contributed by atoms with Crippen LogP contribution in [0.3, 0.4) is 0 Å². The quantitative estimate of drug-likeness (QED) is 0.712. The Morgan fingerprint density at radius 1 is 1.15 bits per heavy atom. The molecule has 0 radical (unpaired) electrons. The van der Waals surface area contributed by atoms with Gasteiger partial charge in [0.25, 0.3) is 0 Å². The number of para-hydroxylation sites is 1. The Balaban J connectivity index is 2.26. The fourth-order valence-corrected chi connectivity index (χ4v) is 2.43. The maximum Gasteiger partial charge on any atom is 0.335 e. The van der Waals surface area contributed by atoms with Crippen LogP contribution in [0.4, 0.5) is 0 Å². The van der Waals surface area contributed by atoms with Gasteiger partial charge in [-0.1, -0.05) is 37.3 Å². The van der Waals surface area contributed by atoms with E-state index in [1.54, 1.807) is 12.1 Å². The van der Waals surface area contributed by atoms with E-state index in [9.17, 15) is 9.90 Å². The van der Waals surface area contributed by atoms with Gasteiger partial charge in [-0.15, -0.1) is 0 Å². The Morgan fingerprint density at radius 2 is 1.90 bits per heavy atom. The maximum atomic E-state index is 11.3. The minimum Gasteiger partial charge on any atom is -0.478 e. The van der Waals surface area contributed by atoms with E-state index >= 15 is 0 Å². The number of carbonyl (C=O) groups is 1. The molecule has 0 fully saturated rings. The van der Waals surface area contributed by atoms with Gasteiger partial charge in [-0.25, -0.2) is 4.79 Å². The average Bonchev–Trinajstić information content (AvgIpc) is 2.82. The number of fused-ring (bicyclic) bond motifs is 3. The molecule has 3 rings (SSSR count). The van der Waals surface area contributed by atoms with Crippen molar-refractivity contribution in [3.63, 3.8) is 0 Å². The minimum absolute atomic E-state index is 0.333. The zero-order chi connectivity index (χ0) is 14.1. The zero-order valence-corrected chi connectivity index (χ0v) is 11.1. The molecular formula is C17H14O3. The van der Waals surface area contributed by atoms with E-state index < -0.39 is 5.97 Å². The molecule has 0 unspecified atom stereocenters. The number of rotatable bonds is 3. The first-order chi connectivity index (χ1) is 9.70. The van der Waals surface area contributed by atoms with Gasteiger partial charge in [0.05, 0.1) is 5.57 Å². The molecule has 3 aromatic rings. The lowest BCUT2D eigenvalue weighted by molar-refractivity contribution is -0.130. The molecular weight excluding hydrogens is 252 g/mol. The maximum absolute atomic E-state index is 11.3. The van der Waals surface area contributed by atoms with Crippen LogP contribution in [0.15, 0.2) is 53.0 Å². The molecule has 0 bridgehead atoms. The minimum atomic E-state index is -0.904. The summed E-state index contributed by atoms with van der Waals surface area (Å²) < 4.78 is 5.74. The van der Waals surface area contributed by atoms with Crippen molar-refractivity contribution in [3.8, 4) is 0 Å². The highest BCUT2D eigenvalue weighted by molar-refractivity contribution is 6.17. The predicted molar refractivity (Wildman–Crippen MR) is 79.6 cm³/mol. The van der Waals surface area contributed by atoms with Crippen molar-refractivity contribution in [2.45, 2.75) is 13.3 Å². The molecule has 2 aromatic carbocycles. The Kier molecular flexibility index (Phi) is 3.03. The third kappa shape index (κ3) is 1.97. The number of hydrogen-bond acceptors (Lipinski definition) is 2. The lowest BCUT2D eigenvalue weighted by atomic mass is 10.0. The number of benzene rings is 2. The van der Waals surface area contributed by atoms with E-state index in [1.807, 2.05) is 43.3 Å². The Hall–Kier alpha value is -2.55. The van der Waals surface area contributed by atoms with Gasteiger partial charge in [-0.05, 0) is 30.2 Å². The largest absolute Gasteiger partial charge is 0.478 e. The first-order valence-electron chi connectivity index (χ1n) is 6.56. The van der Waals surface area contributed by atoms with Crippen molar-refractivity contribution in [2.24, 2.45) is 0 Å². The lowest BCUT2D eigenvalue weighted by Gasteiger charge is -2.02. The van der Waals surface area contributed by atoms with Gasteiger partial charge in [-0.3, -0.25) is 0 Å². The topological polar surface area (TPSA) is 50.4 Å². The highest BCUT2D eigenvalue weighted by Gasteiger charge is 2.13. The van der Waals surface area contributed by atoms with Crippen molar-refractivity contribution in [1.82, 2.24) is 0 Å². The summed E-state index contributed by atoms with van der Waals surface area (Å²) in [5.74, 6) is -0.904. The van der Waals surface area contributed by atoms with E-state index in [1.165, 1.54) is 0 Å². The number of furan rings is 1. The van der Waals surface area contributed by atoms with Gasteiger partial charge in [-0.2, -0.15) is 0 Å². The molecule has 3 nitrogen and oxygen atoms in total. The summed E-state index contributed by atoms with van der Waals surface area (Å²) in [4.78, 5) is 11.3. The molecule has 0 atom stereocenters. The van der Waals surface area contributed by atoms with Gasteiger partial charge in [0, 0.05) is 10.8 Å². The molecule has 0 saturated heterocycles. The molecule has 1 N–H and O–H groups in total. The smallest absolute Gasteiger partial charge is 0.335 e. The Morgan fingerprint density at radius 3 is 2.65 bits per heavy atom. The summed E-state index contributed by atoms with van der Waals surface area (Å²) >= 11 is 0. The first-order valence-corrected chi connectivity index (χ1v) is 6.56. The lowest BCUT2D eigenvalue weighted by Crippen LogP contribution is -1.99. The first kappa shape index (κ1) is 12.5. The molecule has 0 aliphatic carbocycles. The second kappa shape index (κ2) is 4.85. The number of carboxylic acids is 1. The average molecular weight is 266 g/mol. The molecule has 100 valence electrons. The summed E-state index contributed by atoms with van der Waals surface area (Å²) in [6.45, 7) is 1.93. The van der Waals surface area contributed by atoms with Gasteiger partial charge in [0.15, 0.2) is 0 Å². The summed E-state index contributed by atoms with van der Waals surface area (Å²) in [6.07, 6.45) is 2.41. The number of allylic oxidation sites excluding steroid dienone is 1. The summed E-state index contributed by atoms with van der Waals surface area (Å²) in [6, 6.07) is 13.3. The fraction of sp³-hybridized carbons (Fsp3) is 0.118. The van der Waals surface area contributed by atoms with E-state index in [0.717, 1.165) is 21.9 Å². The second-order valence-corrected chi connectivity index (χ2v) is 4.64. The van der Waals surface area contributed by atoms with E-state index in [4.69, 9.17) is 4.42 Å². The molecule has 0 aliphatic rings. The normalized spacial score (nSPS) is 12.2. The van der Waals surface area contributed by atoms with Gasteiger partial charge in [0.1, 0.15) is 11.2 Å². The molecule has 0 saturated carbocycles. The van der Waals surface area contributed by atoms with Crippen molar-refractivity contribution in [2.75, 3.05) is 0 Å². The number of hydrogen-bond donors (Lipinski definition) is 1. The van der Waals surface area contributed by atoms with Crippen LogP contribution in [0, 0.1) is 0 Å². The molecule has 0 spiro atoms. The van der Waals surface area contributed by atoms with E-state index in [-0.39, 0.29) is 0 Å². The SMILES string of the molecule is CCC=C(C(=O)O)c1ccc2oc3ccccc3c2c1. The van der Waals surface area contributed by atoms with E-state index in [2.05, 4.69) is 0 Å². The van der Waals surface area contributed by atoms with Crippen LogP contribution in [-0.2, 0) is 4.79 Å².